The van der Waals surface area contributed by atoms with Crippen LogP contribution in [0.3, 0.4) is 0 Å². The lowest BCUT2D eigenvalue weighted by molar-refractivity contribution is -0.145. The number of nitrogens with zero attached hydrogens (tertiary/aromatic N) is 1. The maximum absolute atomic E-state index is 12.1. The summed E-state index contributed by atoms with van der Waals surface area (Å²) in [5.41, 5.74) is 0. The number of aliphatic carboxylic acids is 1. The van der Waals surface area contributed by atoms with Crippen molar-refractivity contribution in [3.05, 3.63) is 22.8 Å². The molecule has 1 amide bonds. The van der Waals surface area contributed by atoms with Crippen LogP contribution in [0.2, 0.25) is 0 Å². The molecule has 2 rings (SSSR count). The number of anilines is 1. The summed E-state index contributed by atoms with van der Waals surface area (Å²) in [6, 6.07) is 3.45. The number of aromatic nitrogens is 1. The van der Waals surface area contributed by atoms with Gasteiger partial charge < -0.3 is 10.4 Å². The molecule has 5 nitrogen and oxygen atoms in total. The average Bonchev–Trinajstić information content (AvgIpc) is 2.74. The standard InChI is InChI=1S/C13H15BrN2O3/c1-7-4-9(10(5-7)13(18)19)12(17)16-11-3-2-8(14)6-15-11/h2-3,6-7,9-10H,4-5H2,1H3,(H,18,19)(H,15,16,17)/t7?,9-,10+/m0/s1. The minimum absolute atomic E-state index is 0.258. The molecule has 1 heterocycles. The molecule has 3 atom stereocenters. The average molecular weight is 327 g/mol. The summed E-state index contributed by atoms with van der Waals surface area (Å²) in [7, 11) is 0. The van der Waals surface area contributed by atoms with E-state index in [0.29, 0.717) is 18.7 Å². The Kier molecular flexibility index (Phi) is 4.19. The molecule has 0 spiro atoms. The van der Waals surface area contributed by atoms with Gasteiger partial charge in [-0.05, 0) is 46.8 Å². The molecule has 0 aliphatic heterocycles. The zero-order valence-electron chi connectivity index (χ0n) is 10.5. The molecular formula is C13H15BrN2O3. The van der Waals surface area contributed by atoms with Gasteiger partial charge in [-0.15, -0.1) is 0 Å². The van der Waals surface area contributed by atoms with Crippen LogP contribution in [0, 0.1) is 17.8 Å². The smallest absolute Gasteiger partial charge is 0.307 e. The number of nitrogens with one attached hydrogen (secondary N) is 1. The van der Waals surface area contributed by atoms with Gasteiger partial charge in [-0.3, -0.25) is 9.59 Å². The molecule has 1 fully saturated rings. The topological polar surface area (TPSA) is 79.3 Å². The summed E-state index contributed by atoms with van der Waals surface area (Å²) in [5.74, 6) is -1.52. The first kappa shape index (κ1) is 14.0. The molecule has 6 heteroatoms. The number of amides is 1. The molecule has 1 unspecified atom stereocenters. The molecule has 1 aromatic rings. The van der Waals surface area contributed by atoms with E-state index in [9.17, 15) is 9.59 Å². The highest BCUT2D eigenvalue weighted by Crippen LogP contribution is 2.37. The lowest BCUT2D eigenvalue weighted by atomic mass is 9.95. The molecule has 1 aromatic heterocycles. The Hall–Kier alpha value is -1.43. The van der Waals surface area contributed by atoms with Gasteiger partial charge in [0.05, 0.1) is 11.8 Å². The molecule has 0 radical (unpaired) electrons. The first-order valence-corrected chi connectivity index (χ1v) is 6.92. The number of pyridine rings is 1. The summed E-state index contributed by atoms with van der Waals surface area (Å²) < 4.78 is 0.823. The van der Waals surface area contributed by atoms with Crippen molar-refractivity contribution in [2.45, 2.75) is 19.8 Å². The molecule has 1 aliphatic carbocycles. The van der Waals surface area contributed by atoms with E-state index in [2.05, 4.69) is 26.2 Å². The van der Waals surface area contributed by atoms with Gasteiger partial charge in [0, 0.05) is 10.7 Å². The van der Waals surface area contributed by atoms with Gasteiger partial charge in [0.15, 0.2) is 0 Å². The Morgan fingerprint density at radius 2 is 2.05 bits per heavy atom. The molecule has 102 valence electrons. The third-order valence-corrected chi connectivity index (χ3v) is 3.90. The van der Waals surface area contributed by atoms with Gasteiger partial charge in [-0.25, -0.2) is 4.98 Å². The highest BCUT2D eigenvalue weighted by atomic mass is 79.9. The number of halogens is 1. The highest BCUT2D eigenvalue weighted by Gasteiger charge is 2.41. The van der Waals surface area contributed by atoms with Crippen LogP contribution in [0.4, 0.5) is 5.82 Å². The van der Waals surface area contributed by atoms with E-state index >= 15 is 0 Å². The Labute approximate surface area is 119 Å². The van der Waals surface area contributed by atoms with Gasteiger partial charge in [-0.1, -0.05) is 6.92 Å². The number of carboxylic acids is 1. The molecule has 0 bridgehead atoms. The molecular weight excluding hydrogens is 312 g/mol. The normalized spacial score (nSPS) is 26.1. The fourth-order valence-electron chi connectivity index (χ4n) is 2.52. The van der Waals surface area contributed by atoms with Crippen molar-refractivity contribution in [1.29, 1.82) is 0 Å². The minimum atomic E-state index is -0.895. The van der Waals surface area contributed by atoms with Gasteiger partial charge in [0.1, 0.15) is 5.82 Å². The molecule has 19 heavy (non-hydrogen) atoms. The van der Waals surface area contributed by atoms with Crippen molar-refractivity contribution in [3.8, 4) is 0 Å². The second kappa shape index (κ2) is 5.69. The van der Waals surface area contributed by atoms with Crippen molar-refractivity contribution in [2.24, 2.45) is 17.8 Å². The predicted octanol–water partition coefficient (Wildman–Crippen LogP) is 2.53. The maximum atomic E-state index is 12.1. The predicted molar refractivity (Wildman–Crippen MR) is 73.6 cm³/mol. The first-order valence-electron chi connectivity index (χ1n) is 6.12. The molecule has 0 saturated heterocycles. The summed E-state index contributed by atoms with van der Waals surface area (Å²) in [6.07, 6.45) is 2.75. The van der Waals surface area contributed by atoms with Crippen LogP contribution >= 0.6 is 15.9 Å². The van der Waals surface area contributed by atoms with Crippen LogP contribution in [-0.2, 0) is 9.59 Å². The monoisotopic (exact) mass is 326 g/mol. The number of carbonyl (C=O) groups excluding carboxylic acids is 1. The van der Waals surface area contributed by atoms with Crippen molar-refractivity contribution in [1.82, 2.24) is 4.98 Å². The number of carboxylic acid groups (broad SMARTS) is 1. The number of carbonyl (C=O) groups is 2. The Bertz CT molecular complexity index is 489. The number of hydrogen-bond donors (Lipinski definition) is 2. The molecule has 1 saturated carbocycles. The van der Waals surface area contributed by atoms with E-state index in [-0.39, 0.29) is 11.8 Å². The lowest BCUT2D eigenvalue weighted by Gasteiger charge is -2.15. The van der Waals surface area contributed by atoms with Crippen LogP contribution < -0.4 is 5.32 Å². The Morgan fingerprint density at radius 3 is 2.63 bits per heavy atom. The number of hydrogen-bond acceptors (Lipinski definition) is 3. The summed E-state index contributed by atoms with van der Waals surface area (Å²) in [6.45, 7) is 1.97. The molecule has 1 aliphatic rings. The molecule has 0 aromatic carbocycles. The van der Waals surface area contributed by atoms with Gasteiger partial charge >= 0.3 is 5.97 Å². The Balaban J connectivity index is 2.06. The van der Waals surface area contributed by atoms with E-state index < -0.39 is 17.8 Å². The second-order valence-electron chi connectivity index (χ2n) is 4.98. The fraction of sp³-hybridized carbons (Fsp3) is 0.462. The van der Waals surface area contributed by atoms with E-state index in [1.54, 1.807) is 18.3 Å². The van der Waals surface area contributed by atoms with Crippen LogP contribution in [0.15, 0.2) is 22.8 Å². The molecule has 2 N–H and O–H groups in total. The van der Waals surface area contributed by atoms with Crippen LogP contribution in [0.25, 0.3) is 0 Å². The van der Waals surface area contributed by atoms with E-state index in [0.717, 1.165) is 4.47 Å². The van der Waals surface area contributed by atoms with E-state index in [1.165, 1.54) is 0 Å². The third kappa shape index (κ3) is 3.32. The summed E-state index contributed by atoms with van der Waals surface area (Å²) in [5, 5.41) is 11.8. The zero-order chi connectivity index (χ0) is 14.0. The quantitative estimate of drug-likeness (QED) is 0.894. The SMILES string of the molecule is CC1C[C@H](C(=O)Nc2ccc(Br)cn2)[C@H](C(=O)O)C1. The van der Waals surface area contributed by atoms with E-state index in [4.69, 9.17) is 5.11 Å². The Morgan fingerprint density at radius 1 is 1.37 bits per heavy atom. The maximum Gasteiger partial charge on any atom is 0.307 e. The van der Waals surface area contributed by atoms with Crippen molar-refractivity contribution in [3.63, 3.8) is 0 Å². The van der Waals surface area contributed by atoms with Crippen molar-refractivity contribution < 1.29 is 14.7 Å². The van der Waals surface area contributed by atoms with E-state index in [1.807, 2.05) is 6.92 Å². The van der Waals surface area contributed by atoms with Crippen LogP contribution in [0.1, 0.15) is 19.8 Å². The second-order valence-corrected chi connectivity index (χ2v) is 5.89. The van der Waals surface area contributed by atoms with Crippen molar-refractivity contribution in [2.75, 3.05) is 5.32 Å². The lowest BCUT2D eigenvalue weighted by Crippen LogP contribution is -2.30. The fourth-order valence-corrected chi connectivity index (χ4v) is 2.76. The minimum Gasteiger partial charge on any atom is -0.481 e. The van der Waals surface area contributed by atoms with Crippen LogP contribution in [0.5, 0.6) is 0 Å². The first-order chi connectivity index (χ1) is 8.97. The third-order valence-electron chi connectivity index (χ3n) is 3.43. The van der Waals surface area contributed by atoms with Gasteiger partial charge in [0.2, 0.25) is 5.91 Å². The summed E-state index contributed by atoms with van der Waals surface area (Å²) >= 11 is 3.26. The number of rotatable bonds is 3. The largest absolute Gasteiger partial charge is 0.481 e. The summed E-state index contributed by atoms with van der Waals surface area (Å²) in [4.78, 5) is 27.3. The van der Waals surface area contributed by atoms with Crippen molar-refractivity contribution >= 4 is 33.6 Å². The highest BCUT2D eigenvalue weighted by molar-refractivity contribution is 9.10. The van der Waals surface area contributed by atoms with Gasteiger partial charge in [0.25, 0.3) is 0 Å². The van der Waals surface area contributed by atoms with Crippen LogP contribution in [-0.4, -0.2) is 22.0 Å². The zero-order valence-corrected chi connectivity index (χ0v) is 12.1. The van der Waals surface area contributed by atoms with Gasteiger partial charge in [-0.2, -0.15) is 0 Å².